The molecule has 0 aliphatic carbocycles. The van der Waals surface area contributed by atoms with Crippen LogP contribution in [0.15, 0.2) is 243 Å². The van der Waals surface area contributed by atoms with Crippen LogP contribution in [0.5, 0.6) is 0 Å². The Bertz CT molecular complexity index is 3250. The molecule has 2 nitrogen and oxygen atoms in total. The molecule has 0 amide bonds. The molecule has 1 aromatic heterocycles. The number of para-hydroxylation sites is 3. The lowest BCUT2D eigenvalue weighted by Gasteiger charge is -2.30. The summed E-state index contributed by atoms with van der Waals surface area (Å²) in [5, 5.41) is 4.90. The minimum absolute atomic E-state index is 1.08. The van der Waals surface area contributed by atoms with Gasteiger partial charge in [-0.15, -0.1) is 0 Å². The topological polar surface area (TPSA) is 8.17 Å². The normalized spacial score (nSPS) is 11.3. The maximum atomic E-state index is 2.45. The van der Waals surface area contributed by atoms with E-state index >= 15 is 0 Å². The van der Waals surface area contributed by atoms with Crippen molar-refractivity contribution in [1.29, 1.82) is 0 Å². The van der Waals surface area contributed by atoms with E-state index in [1.807, 2.05) is 0 Å². The summed E-state index contributed by atoms with van der Waals surface area (Å²) < 4.78 is 2.39. The predicted molar refractivity (Wildman–Crippen MR) is 255 cm³/mol. The van der Waals surface area contributed by atoms with Crippen molar-refractivity contribution in [3.8, 4) is 50.2 Å². The molecular weight excluding hydrogens is 725 g/mol. The highest BCUT2D eigenvalue weighted by atomic mass is 15.1. The van der Waals surface area contributed by atoms with Gasteiger partial charge in [0.25, 0.3) is 0 Å². The lowest BCUT2D eigenvalue weighted by atomic mass is 9.84. The van der Waals surface area contributed by atoms with Crippen LogP contribution >= 0.6 is 0 Å². The minimum atomic E-state index is 1.08. The van der Waals surface area contributed by atoms with E-state index in [1.165, 1.54) is 71.5 Å². The van der Waals surface area contributed by atoms with E-state index < -0.39 is 0 Å². The van der Waals surface area contributed by atoms with Crippen LogP contribution in [0.2, 0.25) is 0 Å². The predicted octanol–water partition coefficient (Wildman–Crippen LogP) is 16.1. The van der Waals surface area contributed by atoms with Gasteiger partial charge >= 0.3 is 0 Å². The second kappa shape index (κ2) is 15.1. The highest BCUT2D eigenvalue weighted by Gasteiger charge is 2.24. The summed E-state index contributed by atoms with van der Waals surface area (Å²) in [6.07, 6.45) is 0. The van der Waals surface area contributed by atoms with Crippen LogP contribution in [0, 0.1) is 0 Å². The molecule has 2 heteroatoms. The quantitative estimate of drug-likeness (QED) is 0.150. The third-order valence-electron chi connectivity index (χ3n) is 11.8. The van der Waals surface area contributed by atoms with Crippen LogP contribution in [0.3, 0.4) is 0 Å². The van der Waals surface area contributed by atoms with E-state index in [1.54, 1.807) is 0 Å². The Balaban J connectivity index is 1.16. The molecule has 0 aliphatic heterocycles. The Labute approximate surface area is 350 Å². The Kier molecular flexibility index (Phi) is 8.87. The molecule has 0 aliphatic rings. The van der Waals surface area contributed by atoms with Crippen LogP contribution in [0.25, 0.3) is 82.8 Å². The Morgan fingerprint density at radius 1 is 0.283 bits per heavy atom. The van der Waals surface area contributed by atoms with E-state index in [0.29, 0.717) is 0 Å². The summed E-state index contributed by atoms with van der Waals surface area (Å²) in [7, 11) is 0. The Morgan fingerprint density at radius 2 is 0.750 bits per heavy atom. The van der Waals surface area contributed by atoms with Gasteiger partial charge in [-0.2, -0.15) is 0 Å². The molecular formula is C58H40N2. The van der Waals surface area contributed by atoms with Crippen molar-refractivity contribution in [1.82, 2.24) is 4.57 Å². The van der Waals surface area contributed by atoms with Gasteiger partial charge in [0.15, 0.2) is 0 Å². The van der Waals surface area contributed by atoms with E-state index in [4.69, 9.17) is 0 Å². The fraction of sp³-hybridized carbons (Fsp3) is 0. The molecule has 0 spiro atoms. The monoisotopic (exact) mass is 764 g/mol. The van der Waals surface area contributed by atoms with Crippen molar-refractivity contribution in [2.75, 3.05) is 4.90 Å². The zero-order valence-corrected chi connectivity index (χ0v) is 33.0. The van der Waals surface area contributed by atoms with Gasteiger partial charge in [0, 0.05) is 33.1 Å². The summed E-state index contributed by atoms with van der Waals surface area (Å²) in [6.45, 7) is 0. The second-order valence-electron chi connectivity index (χ2n) is 15.2. The number of anilines is 3. The maximum Gasteiger partial charge on any atom is 0.0541 e. The molecule has 11 rings (SSSR count). The van der Waals surface area contributed by atoms with Crippen molar-refractivity contribution >= 4 is 49.6 Å². The lowest BCUT2D eigenvalue weighted by molar-refractivity contribution is 1.17. The third kappa shape index (κ3) is 6.06. The number of nitrogens with zero attached hydrogens (tertiary/aromatic N) is 2. The van der Waals surface area contributed by atoms with Crippen molar-refractivity contribution < 1.29 is 0 Å². The molecule has 11 aromatic rings. The zero-order chi connectivity index (χ0) is 39.8. The molecule has 0 bridgehead atoms. The number of fused-ring (bicyclic) bond motifs is 4. The van der Waals surface area contributed by atoms with Crippen molar-refractivity contribution in [3.05, 3.63) is 243 Å². The Hall–Kier alpha value is -7.94. The maximum absolute atomic E-state index is 2.45. The average Bonchev–Trinajstić information content (AvgIpc) is 3.67. The first kappa shape index (κ1) is 35.2. The smallest absolute Gasteiger partial charge is 0.0541 e. The SMILES string of the molecule is c1ccc(-c2ccccc2-c2c(-c3ccccc3)cccc2-c2ccccc2N(c2ccc(-n3c4ccccc4c4ccccc43)cc2)c2cccc3ccccc23)cc1. The van der Waals surface area contributed by atoms with Gasteiger partial charge in [-0.3, -0.25) is 0 Å². The van der Waals surface area contributed by atoms with Gasteiger partial charge in [-0.1, -0.05) is 194 Å². The molecule has 0 N–H and O–H groups in total. The number of hydrogen-bond donors (Lipinski definition) is 0. The van der Waals surface area contributed by atoms with E-state index in [-0.39, 0.29) is 0 Å². The number of rotatable bonds is 8. The highest BCUT2D eigenvalue weighted by Crippen LogP contribution is 2.49. The summed E-state index contributed by atoms with van der Waals surface area (Å²) in [6, 6.07) is 88.0. The van der Waals surface area contributed by atoms with E-state index in [9.17, 15) is 0 Å². The number of aromatic nitrogens is 1. The van der Waals surface area contributed by atoms with Crippen LogP contribution in [-0.2, 0) is 0 Å². The van der Waals surface area contributed by atoms with Gasteiger partial charge < -0.3 is 9.47 Å². The second-order valence-corrected chi connectivity index (χ2v) is 15.2. The van der Waals surface area contributed by atoms with E-state index in [2.05, 4.69) is 252 Å². The molecule has 0 saturated heterocycles. The summed E-state index contributed by atoms with van der Waals surface area (Å²) in [5.41, 5.74) is 16.3. The number of hydrogen-bond acceptors (Lipinski definition) is 1. The van der Waals surface area contributed by atoms with Gasteiger partial charge in [0.05, 0.1) is 22.4 Å². The fourth-order valence-electron chi connectivity index (χ4n) is 9.15. The number of benzene rings is 10. The first-order valence-electron chi connectivity index (χ1n) is 20.6. The molecule has 1 heterocycles. The van der Waals surface area contributed by atoms with Gasteiger partial charge in [-0.05, 0) is 92.9 Å². The standard InChI is InChI=1S/C58H40N2/c1-3-19-41(20-4-1)46-25-9-10-30-52(46)58-48(43-21-5-2-6-22-43)31-18-32-53(58)51-29-13-16-35-57(51)59(54-36-17-24-42-23-7-8-26-47(42)54)44-37-39-45(40-38-44)60-55-33-14-11-27-49(55)50-28-12-15-34-56(50)60/h1-40H. The average molecular weight is 765 g/mol. The molecule has 60 heavy (non-hydrogen) atoms. The molecule has 0 atom stereocenters. The van der Waals surface area contributed by atoms with Gasteiger partial charge in [-0.25, -0.2) is 0 Å². The molecule has 0 saturated carbocycles. The van der Waals surface area contributed by atoms with Crippen molar-refractivity contribution in [2.24, 2.45) is 0 Å². The first-order valence-corrected chi connectivity index (χ1v) is 20.6. The molecule has 0 radical (unpaired) electrons. The minimum Gasteiger partial charge on any atom is -0.309 e. The highest BCUT2D eigenvalue weighted by molar-refractivity contribution is 6.09. The zero-order valence-electron chi connectivity index (χ0n) is 33.0. The fourth-order valence-corrected chi connectivity index (χ4v) is 9.15. The molecule has 0 unspecified atom stereocenters. The van der Waals surface area contributed by atoms with Crippen molar-refractivity contribution in [3.63, 3.8) is 0 Å². The molecule has 0 fully saturated rings. The van der Waals surface area contributed by atoms with Gasteiger partial charge in [0.2, 0.25) is 0 Å². The largest absolute Gasteiger partial charge is 0.309 e. The Morgan fingerprint density at radius 3 is 1.45 bits per heavy atom. The van der Waals surface area contributed by atoms with Crippen LogP contribution in [0.1, 0.15) is 0 Å². The van der Waals surface area contributed by atoms with Crippen LogP contribution in [-0.4, -0.2) is 4.57 Å². The molecule has 10 aromatic carbocycles. The first-order chi connectivity index (χ1) is 29.8. The lowest BCUT2D eigenvalue weighted by Crippen LogP contribution is -2.12. The summed E-state index contributed by atoms with van der Waals surface area (Å²) in [5.74, 6) is 0. The summed E-state index contributed by atoms with van der Waals surface area (Å²) >= 11 is 0. The third-order valence-corrected chi connectivity index (χ3v) is 11.8. The van der Waals surface area contributed by atoms with Gasteiger partial charge in [0.1, 0.15) is 0 Å². The van der Waals surface area contributed by atoms with E-state index in [0.717, 1.165) is 28.3 Å². The summed E-state index contributed by atoms with van der Waals surface area (Å²) in [4.78, 5) is 2.45. The van der Waals surface area contributed by atoms with Crippen molar-refractivity contribution in [2.45, 2.75) is 0 Å². The molecule has 282 valence electrons. The van der Waals surface area contributed by atoms with Crippen LogP contribution < -0.4 is 4.90 Å². The van der Waals surface area contributed by atoms with Crippen LogP contribution in [0.4, 0.5) is 17.1 Å².